The van der Waals surface area contributed by atoms with Crippen LogP contribution in [0.5, 0.6) is 0 Å². The van der Waals surface area contributed by atoms with Crippen LogP contribution >= 0.6 is 0 Å². The molecule has 0 unspecified atom stereocenters. The van der Waals surface area contributed by atoms with Gasteiger partial charge in [0.15, 0.2) is 0 Å². The summed E-state index contributed by atoms with van der Waals surface area (Å²) in [5.41, 5.74) is 0. The van der Waals surface area contributed by atoms with Crippen LogP contribution in [0.15, 0.2) is 0 Å². The zero-order valence-electron chi connectivity index (χ0n) is 10.7. The van der Waals surface area contributed by atoms with Gasteiger partial charge >= 0.3 is 6.03 Å². The molecular weight excluding hydrogens is 202 g/mol. The number of urea groups is 1. The highest BCUT2D eigenvalue weighted by Gasteiger charge is 2.11. The molecule has 1 fully saturated rings. The van der Waals surface area contributed by atoms with Gasteiger partial charge < -0.3 is 15.1 Å². The summed E-state index contributed by atoms with van der Waals surface area (Å²) in [6, 6.07) is 0.0713. The van der Waals surface area contributed by atoms with Gasteiger partial charge in [-0.2, -0.15) is 0 Å². The molecule has 0 atom stereocenters. The van der Waals surface area contributed by atoms with E-state index >= 15 is 0 Å². The molecule has 16 heavy (non-hydrogen) atoms. The molecule has 94 valence electrons. The van der Waals surface area contributed by atoms with Gasteiger partial charge in [0.25, 0.3) is 0 Å². The van der Waals surface area contributed by atoms with Crippen LogP contribution in [-0.4, -0.2) is 55.1 Å². The van der Waals surface area contributed by atoms with Gasteiger partial charge in [0.05, 0.1) is 0 Å². The second kappa shape index (κ2) is 7.49. The number of amides is 2. The maximum Gasteiger partial charge on any atom is 0.317 e. The standard InChI is InChI=1S/C12H25N3O/c1-3-15(4-2)12(16)13-8-11-14-9-6-5-7-10-14/h3-11H2,1-2H3,(H,13,16). The third-order valence-electron chi connectivity index (χ3n) is 3.20. The Kier molecular flexibility index (Phi) is 6.23. The predicted molar refractivity (Wildman–Crippen MR) is 66.6 cm³/mol. The number of nitrogens with zero attached hydrogens (tertiary/aromatic N) is 2. The van der Waals surface area contributed by atoms with E-state index in [1.807, 2.05) is 18.7 Å². The van der Waals surface area contributed by atoms with E-state index in [-0.39, 0.29) is 6.03 Å². The van der Waals surface area contributed by atoms with Crippen molar-refractivity contribution in [1.82, 2.24) is 15.1 Å². The summed E-state index contributed by atoms with van der Waals surface area (Å²) in [7, 11) is 0. The summed E-state index contributed by atoms with van der Waals surface area (Å²) in [5.74, 6) is 0. The number of likely N-dealkylation sites (tertiary alicyclic amines) is 1. The second-order valence-corrected chi connectivity index (χ2v) is 4.31. The fraction of sp³-hybridized carbons (Fsp3) is 0.917. The first-order chi connectivity index (χ1) is 7.77. The number of rotatable bonds is 5. The number of nitrogens with one attached hydrogen (secondary N) is 1. The number of hydrogen-bond donors (Lipinski definition) is 1. The van der Waals surface area contributed by atoms with Crippen LogP contribution in [0.3, 0.4) is 0 Å². The Balaban J connectivity index is 2.11. The first-order valence-electron chi connectivity index (χ1n) is 6.53. The molecule has 4 heteroatoms. The van der Waals surface area contributed by atoms with Crippen molar-refractivity contribution in [2.75, 3.05) is 39.3 Å². The summed E-state index contributed by atoms with van der Waals surface area (Å²) in [6.07, 6.45) is 3.98. The molecule has 0 aromatic heterocycles. The SMILES string of the molecule is CCN(CC)C(=O)NCCN1CCCCC1. The van der Waals surface area contributed by atoms with E-state index in [4.69, 9.17) is 0 Å². The Labute approximate surface area is 99.0 Å². The van der Waals surface area contributed by atoms with Crippen molar-refractivity contribution in [2.45, 2.75) is 33.1 Å². The fourth-order valence-corrected chi connectivity index (χ4v) is 2.13. The molecule has 0 aromatic rings. The van der Waals surface area contributed by atoms with Gasteiger partial charge in [-0.05, 0) is 39.8 Å². The molecule has 4 nitrogen and oxygen atoms in total. The Morgan fingerprint density at radius 1 is 1.19 bits per heavy atom. The van der Waals surface area contributed by atoms with E-state index < -0.39 is 0 Å². The molecule has 1 aliphatic heterocycles. The minimum absolute atomic E-state index is 0.0713. The van der Waals surface area contributed by atoms with Crippen LogP contribution in [-0.2, 0) is 0 Å². The van der Waals surface area contributed by atoms with Crippen molar-refractivity contribution in [2.24, 2.45) is 0 Å². The highest BCUT2D eigenvalue weighted by atomic mass is 16.2. The lowest BCUT2D eigenvalue weighted by Crippen LogP contribution is -2.43. The third kappa shape index (κ3) is 4.39. The zero-order chi connectivity index (χ0) is 11.8. The number of hydrogen-bond acceptors (Lipinski definition) is 2. The zero-order valence-corrected chi connectivity index (χ0v) is 10.7. The number of piperidine rings is 1. The summed E-state index contributed by atoms with van der Waals surface area (Å²) < 4.78 is 0. The van der Waals surface area contributed by atoms with Crippen molar-refractivity contribution >= 4 is 6.03 Å². The minimum atomic E-state index is 0.0713. The van der Waals surface area contributed by atoms with Crippen molar-refractivity contribution in [1.29, 1.82) is 0 Å². The van der Waals surface area contributed by atoms with E-state index in [1.54, 1.807) is 0 Å². The maximum absolute atomic E-state index is 11.6. The van der Waals surface area contributed by atoms with Crippen molar-refractivity contribution in [3.05, 3.63) is 0 Å². The van der Waals surface area contributed by atoms with Crippen LogP contribution in [0.2, 0.25) is 0 Å². The van der Waals surface area contributed by atoms with E-state index in [9.17, 15) is 4.79 Å². The van der Waals surface area contributed by atoms with Crippen LogP contribution in [0.4, 0.5) is 4.79 Å². The molecule has 0 aliphatic carbocycles. The molecule has 1 heterocycles. The van der Waals surface area contributed by atoms with Gasteiger partial charge in [0.2, 0.25) is 0 Å². The second-order valence-electron chi connectivity index (χ2n) is 4.31. The van der Waals surface area contributed by atoms with Gasteiger partial charge in [0, 0.05) is 26.2 Å². The van der Waals surface area contributed by atoms with Crippen molar-refractivity contribution < 1.29 is 4.79 Å². The van der Waals surface area contributed by atoms with Gasteiger partial charge in [-0.15, -0.1) is 0 Å². The van der Waals surface area contributed by atoms with Crippen LogP contribution in [0.1, 0.15) is 33.1 Å². The lowest BCUT2D eigenvalue weighted by molar-refractivity contribution is 0.195. The first-order valence-corrected chi connectivity index (χ1v) is 6.53. The highest BCUT2D eigenvalue weighted by Crippen LogP contribution is 2.07. The summed E-state index contributed by atoms with van der Waals surface area (Å²) in [4.78, 5) is 15.9. The highest BCUT2D eigenvalue weighted by molar-refractivity contribution is 5.74. The first kappa shape index (κ1) is 13.3. The number of carbonyl (C=O) groups excluding carboxylic acids is 1. The Hall–Kier alpha value is -0.770. The molecule has 0 spiro atoms. The molecule has 2 amide bonds. The monoisotopic (exact) mass is 227 g/mol. The Morgan fingerprint density at radius 2 is 1.81 bits per heavy atom. The van der Waals surface area contributed by atoms with Gasteiger partial charge in [-0.1, -0.05) is 6.42 Å². The van der Waals surface area contributed by atoms with Gasteiger partial charge in [0.1, 0.15) is 0 Å². The van der Waals surface area contributed by atoms with E-state index in [1.165, 1.54) is 32.4 Å². The van der Waals surface area contributed by atoms with Gasteiger partial charge in [-0.3, -0.25) is 0 Å². The molecule has 0 saturated carbocycles. The topological polar surface area (TPSA) is 35.6 Å². The average Bonchev–Trinajstić information content (AvgIpc) is 2.32. The predicted octanol–water partition coefficient (Wildman–Crippen LogP) is 1.52. The Morgan fingerprint density at radius 3 is 2.38 bits per heavy atom. The summed E-state index contributed by atoms with van der Waals surface area (Å²) >= 11 is 0. The lowest BCUT2D eigenvalue weighted by Gasteiger charge is -2.27. The fourth-order valence-electron chi connectivity index (χ4n) is 2.13. The minimum Gasteiger partial charge on any atom is -0.337 e. The van der Waals surface area contributed by atoms with Gasteiger partial charge in [-0.25, -0.2) is 4.79 Å². The molecule has 0 radical (unpaired) electrons. The largest absolute Gasteiger partial charge is 0.337 e. The molecule has 1 saturated heterocycles. The quantitative estimate of drug-likeness (QED) is 0.773. The average molecular weight is 227 g/mol. The molecule has 1 N–H and O–H groups in total. The normalized spacial score (nSPS) is 17.1. The molecule has 0 bridgehead atoms. The summed E-state index contributed by atoms with van der Waals surface area (Å²) in [5, 5.41) is 2.98. The van der Waals surface area contributed by atoms with E-state index in [0.717, 1.165) is 26.2 Å². The summed E-state index contributed by atoms with van der Waals surface area (Å²) in [6.45, 7) is 9.74. The smallest absolute Gasteiger partial charge is 0.317 e. The maximum atomic E-state index is 11.6. The lowest BCUT2D eigenvalue weighted by atomic mass is 10.1. The third-order valence-corrected chi connectivity index (χ3v) is 3.20. The van der Waals surface area contributed by atoms with E-state index in [0.29, 0.717) is 0 Å². The van der Waals surface area contributed by atoms with Crippen molar-refractivity contribution in [3.63, 3.8) is 0 Å². The van der Waals surface area contributed by atoms with Crippen molar-refractivity contribution in [3.8, 4) is 0 Å². The van der Waals surface area contributed by atoms with E-state index in [2.05, 4.69) is 10.2 Å². The molecule has 1 rings (SSSR count). The molecule has 0 aromatic carbocycles. The van der Waals surface area contributed by atoms with Crippen LogP contribution in [0, 0.1) is 0 Å². The number of carbonyl (C=O) groups is 1. The molecule has 1 aliphatic rings. The molecular formula is C12H25N3O. The van der Waals surface area contributed by atoms with Crippen LogP contribution in [0.25, 0.3) is 0 Å². The Bertz CT molecular complexity index is 198. The van der Waals surface area contributed by atoms with Crippen LogP contribution < -0.4 is 5.32 Å².